The van der Waals surface area contributed by atoms with Crippen molar-refractivity contribution in [3.05, 3.63) is 0 Å². The third kappa shape index (κ3) is 4.06. The van der Waals surface area contributed by atoms with E-state index in [1.165, 1.54) is 11.9 Å². The number of hydrogen-bond donors (Lipinski definition) is 2. The van der Waals surface area contributed by atoms with Crippen LogP contribution < -0.4 is 11.5 Å². The van der Waals surface area contributed by atoms with E-state index in [9.17, 15) is 14.4 Å². The third-order valence-electron chi connectivity index (χ3n) is 4.53. The summed E-state index contributed by atoms with van der Waals surface area (Å²) in [7, 11) is 1.54. The van der Waals surface area contributed by atoms with Crippen LogP contribution in [0.15, 0.2) is 0 Å². The van der Waals surface area contributed by atoms with Crippen LogP contribution in [0.3, 0.4) is 0 Å². The van der Waals surface area contributed by atoms with Gasteiger partial charge in [-0.2, -0.15) is 0 Å². The minimum Gasteiger partial charge on any atom is -0.368 e. The summed E-state index contributed by atoms with van der Waals surface area (Å²) >= 11 is 0. The van der Waals surface area contributed by atoms with Crippen LogP contribution in [0, 0.1) is 17.3 Å². The first-order valence-electron chi connectivity index (χ1n) is 7.91. The summed E-state index contributed by atoms with van der Waals surface area (Å²) in [6, 6.07) is -0.820. The van der Waals surface area contributed by atoms with Gasteiger partial charge in [0.2, 0.25) is 11.8 Å². The number of nitrogens with two attached hydrogens (primary N) is 2. The Morgan fingerprint density at radius 1 is 1.14 bits per heavy atom. The van der Waals surface area contributed by atoms with Crippen LogP contribution in [-0.2, 0) is 14.4 Å². The van der Waals surface area contributed by atoms with Crippen molar-refractivity contribution < 1.29 is 14.4 Å². The summed E-state index contributed by atoms with van der Waals surface area (Å²) in [5, 5.41) is 0. The molecule has 1 rings (SSSR count). The third-order valence-corrected chi connectivity index (χ3v) is 4.53. The van der Waals surface area contributed by atoms with Crippen LogP contribution in [0.1, 0.15) is 46.5 Å². The van der Waals surface area contributed by atoms with Crippen LogP contribution in [0.5, 0.6) is 0 Å². The Labute approximate surface area is 132 Å². The van der Waals surface area contributed by atoms with Crippen LogP contribution in [0.2, 0.25) is 0 Å². The highest BCUT2D eigenvalue weighted by molar-refractivity contribution is 5.93. The molecule has 22 heavy (non-hydrogen) atoms. The molecule has 0 aromatic carbocycles. The molecule has 0 radical (unpaired) electrons. The van der Waals surface area contributed by atoms with Crippen molar-refractivity contribution in [3.63, 3.8) is 0 Å². The molecule has 0 saturated heterocycles. The number of primary amides is 1. The summed E-state index contributed by atoms with van der Waals surface area (Å²) in [6.45, 7) is 5.62. The SMILES string of the molecule is CN(C(=O)[C@H]1CCCC[C@H]1C(=O)C(C)(C)C)[C@H](CN)C(N)=O. The van der Waals surface area contributed by atoms with Crippen LogP contribution in [-0.4, -0.2) is 42.1 Å². The van der Waals surface area contributed by atoms with E-state index in [-0.39, 0.29) is 30.1 Å². The van der Waals surface area contributed by atoms with Gasteiger partial charge in [-0.3, -0.25) is 14.4 Å². The minimum atomic E-state index is -0.820. The molecular formula is C16H29N3O3. The highest BCUT2D eigenvalue weighted by Crippen LogP contribution is 2.36. The Kier molecular flexibility index (Phi) is 6.11. The van der Waals surface area contributed by atoms with Gasteiger partial charge in [0, 0.05) is 30.8 Å². The zero-order valence-corrected chi connectivity index (χ0v) is 14.1. The lowest BCUT2D eigenvalue weighted by Gasteiger charge is -2.37. The van der Waals surface area contributed by atoms with Gasteiger partial charge in [-0.15, -0.1) is 0 Å². The Morgan fingerprint density at radius 2 is 1.64 bits per heavy atom. The number of ketones is 1. The summed E-state index contributed by atoms with van der Waals surface area (Å²) < 4.78 is 0. The fourth-order valence-corrected chi connectivity index (χ4v) is 3.18. The first kappa shape index (κ1) is 18.6. The predicted molar refractivity (Wildman–Crippen MR) is 84.7 cm³/mol. The Bertz CT molecular complexity index is 442. The summed E-state index contributed by atoms with van der Waals surface area (Å²) in [6.07, 6.45) is 3.27. The van der Waals surface area contributed by atoms with Crippen LogP contribution in [0.25, 0.3) is 0 Å². The molecule has 3 atom stereocenters. The number of Topliss-reactive ketones (excluding diaryl/α,β-unsaturated/α-hetero) is 1. The van der Waals surface area contributed by atoms with Crippen molar-refractivity contribution >= 4 is 17.6 Å². The topological polar surface area (TPSA) is 106 Å². The molecule has 126 valence electrons. The van der Waals surface area contributed by atoms with Gasteiger partial charge in [0.05, 0.1) is 0 Å². The second-order valence-electron chi connectivity index (χ2n) is 7.21. The number of rotatable bonds is 5. The number of carbonyl (C=O) groups is 3. The van der Waals surface area contributed by atoms with Gasteiger partial charge in [0.1, 0.15) is 11.8 Å². The molecule has 4 N–H and O–H groups in total. The Hall–Kier alpha value is -1.43. The van der Waals surface area contributed by atoms with E-state index in [2.05, 4.69) is 0 Å². The number of likely N-dealkylation sites (N-methyl/N-ethyl adjacent to an activating group) is 1. The highest BCUT2D eigenvalue weighted by Gasteiger charge is 2.42. The molecule has 0 bridgehead atoms. The van der Waals surface area contributed by atoms with Crippen molar-refractivity contribution in [2.75, 3.05) is 13.6 Å². The number of carbonyl (C=O) groups excluding carboxylic acids is 3. The predicted octanol–water partition coefficient (Wildman–Crippen LogP) is 0.679. The number of nitrogens with zero attached hydrogens (tertiary/aromatic N) is 1. The standard InChI is InChI=1S/C16H29N3O3/c1-16(2,3)13(20)10-7-5-6-8-11(10)15(22)19(4)12(9-17)14(18)21/h10-12H,5-9,17H2,1-4H3,(H2,18,21)/t10-,11+,12-/m1/s1. The van der Waals surface area contributed by atoms with Gasteiger partial charge < -0.3 is 16.4 Å². The fraction of sp³-hybridized carbons (Fsp3) is 0.812. The summed E-state index contributed by atoms with van der Waals surface area (Å²) in [4.78, 5) is 38.1. The molecule has 0 aromatic heterocycles. The van der Waals surface area contributed by atoms with Crippen molar-refractivity contribution in [1.82, 2.24) is 4.90 Å². The summed E-state index contributed by atoms with van der Waals surface area (Å²) in [5.41, 5.74) is 10.4. The number of hydrogen-bond acceptors (Lipinski definition) is 4. The maximum absolute atomic E-state index is 12.8. The fourth-order valence-electron chi connectivity index (χ4n) is 3.18. The van der Waals surface area contributed by atoms with E-state index in [4.69, 9.17) is 11.5 Å². The van der Waals surface area contributed by atoms with Crippen LogP contribution in [0.4, 0.5) is 0 Å². The monoisotopic (exact) mass is 311 g/mol. The highest BCUT2D eigenvalue weighted by atomic mass is 16.2. The van der Waals surface area contributed by atoms with Crippen LogP contribution >= 0.6 is 0 Å². The molecule has 1 saturated carbocycles. The average molecular weight is 311 g/mol. The first-order valence-corrected chi connectivity index (χ1v) is 7.91. The maximum Gasteiger partial charge on any atom is 0.241 e. The smallest absolute Gasteiger partial charge is 0.241 e. The molecule has 6 heteroatoms. The van der Waals surface area contributed by atoms with Gasteiger partial charge in [0.15, 0.2) is 0 Å². The molecule has 1 aliphatic carbocycles. The van der Waals surface area contributed by atoms with E-state index in [1.54, 1.807) is 0 Å². The van der Waals surface area contributed by atoms with E-state index >= 15 is 0 Å². The lowest BCUT2D eigenvalue weighted by atomic mass is 9.70. The van der Waals surface area contributed by atoms with Crippen molar-refractivity contribution in [1.29, 1.82) is 0 Å². The molecule has 0 aromatic rings. The molecule has 6 nitrogen and oxygen atoms in total. The zero-order valence-electron chi connectivity index (χ0n) is 14.1. The lowest BCUT2D eigenvalue weighted by molar-refractivity contribution is -0.148. The van der Waals surface area contributed by atoms with Crippen molar-refractivity contribution in [2.45, 2.75) is 52.5 Å². The Balaban J connectivity index is 2.97. The molecular weight excluding hydrogens is 282 g/mol. The normalized spacial score (nSPS) is 23.7. The van der Waals surface area contributed by atoms with E-state index in [1.807, 2.05) is 20.8 Å². The van der Waals surface area contributed by atoms with Crippen molar-refractivity contribution in [2.24, 2.45) is 28.7 Å². The Morgan fingerprint density at radius 3 is 2.05 bits per heavy atom. The van der Waals surface area contributed by atoms with E-state index < -0.39 is 17.4 Å². The van der Waals surface area contributed by atoms with Gasteiger partial charge in [0.25, 0.3) is 0 Å². The van der Waals surface area contributed by atoms with E-state index in [0.29, 0.717) is 6.42 Å². The molecule has 0 unspecified atom stereocenters. The van der Waals surface area contributed by atoms with E-state index in [0.717, 1.165) is 19.3 Å². The van der Waals surface area contributed by atoms with Gasteiger partial charge >= 0.3 is 0 Å². The quantitative estimate of drug-likeness (QED) is 0.778. The molecule has 2 amide bonds. The molecule has 1 aliphatic rings. The van der Waals surface area contributed by atoms with Gasteiger partial charge in [-0.1, -0.05) is 33.6 Å². The molecule has 1 fully saturated rings. The van der Waals surface area contributed by atoms with Gasteiger partial charge in [-0.25, -0.2) is 0 Å². The number of amides is 2. The molecule has 0 heterocycles. The molecule has 0 aliphatic heterocycles. The maximum atomic E-state index is 12.8. The minimum absolute atomic E-state index is 0.0117. The second-order valence-corrected chi connectivity index (χ2v) is 7.21. The zero-order chi connectivity index (χ0) is 17.1. The van der Waals surface area contributed by atoms with Crippen molar-refractivity contribution in [3.8, 4) is 0 Å². The van der Waals surface area contributed by atoms with Gasteiger partial charge in [-0.05, 0) is 12.8 Å². The largest absolute Gasteiger partial charge is 0.368 e. The molecule has 0 spiro atoms. The lowest BCUT2D eigenvalue weighted by Crippen LogP contribution is -2.53. The average Bonchev–Trinajstić information content (AvgIpc) is 2.44. The summed E-state index contributed by atoms with van der Waals surface area (Å²) in [5.74, 6) is -1.36. The first-order chi connectivity index (χ1) is 10.1. The second kappa shape index (κ2) is 7.22.